The number of nitrogens with two attached hydrogens (primary N) is 1. The molecule has 0 spiro atoms. The van der Waals surface area contributed by atoms with Crippen LogP contribution in [0.2, 0.25) is 0 Å². The number of anilines is 1. The summed E-state index contributed by atoms with van der Waals surface area (Å²) >= 11 is 0. The number of nitrogens with zero attached hydrogens (tertiary/aromatic N) is 5. The predicted octanol–water partition coefficient (Wildman–Crippen LogP) is 0.971. The maximum atomic E-state index is 12.0. The number of nitrogen functional groups attached to an aromatic ring is 1. The van der Waals surface area contributed by atoms with Crippen LogP contribution in [0.3, 0.4) is 0 Å². The topological polar surface area (TPSA) is 91.7 Å². The van der Waals surface area contributed by atoms with Gasteiger partial charge in [-0.05, 0) is 0 Å². The van der Waals surface area contributed by atoms with Crippen molar-refractivity contribution in [2.24, 2.45) is 0 Å². The SMILES string of the molecule is Nc1nc(OCCC(F)(F)F)nc(-n2ccnc2)n1. The summed E-state index contributed by atoms with van der Waals surface area (Å²) in [6, 6.07) is -0.263. The van der Waals surface area contributed by atoms with Crippen molar-refractivity contribution in [2.75, 3.05) is 12.3 Å². The molecule has 0 aliphatic rings. The van der Waals surface area contributed by atoms with Crippen molar-refractivity contribution in [1.29, 1.82) is 0 Å². The number of halogens is 3. The quantitative estimate of drug-likeness (QED) is 0.893. The van der Waals surface area contributed by atoms with Gasteiger partial charge in [-0.25, -0.2) is 4.98 Å². The Morgan fingerprint density at radius 1 is 1.26 bits per heavy atom. The van der Waals surface area contributed by atoms with E-state index in [0.717, 1.165) is 0 Å². The molecule has 19 heavy (non-hydrogen) atoms. The van der Waals surface area contributed by atoms with Gasteiger partial charge < -0.3 is 10.5 Å². The van der Waals surface area contributed by atoms with Crippen molar-refractivity contribution in [3.8, 4) is 12.0 Å². The van der Waals surface area contributed by atoms with Crippen molar-refractivity contribution in [2.45, 2.75) is 12.6 Å². The lowest BCUT2D eigenvalue weighted by Crippen LogP contribution is -2.15. The summed E-state index contributed by atoms with van der Waals surface area (Å²) in [5, 5.41) is 0. The van der Waals surface area contributed by atoms with Crippen molar-refractivity contribution in [3.05, 3.63) is 18.7 Å². The first-order valence-electron chi connectivity index (χ1n) is 5.13. The van der Waals surface area contributed by atoms with E-state index >= 15 is 0 Å². The minimum absolute atomic E-state index is 0.118. The van der Waals surface area contributed by atoms with Gasteiger partial charge in [-0.1, -0.05) is 0 Å². The van der Waals surface area contributed by atoms with E-state index in [1.54, 1.807) is 6.20 Å². The van der Waals surface area contributed by atoms with Crippen LogP contribution in [0.4, 0.5) is 19.1 Å². The molecule has 0 saturated heterocycles. The molecule has 0 saturated carbocycles. The molecular formula is C9H9F3N6O. The first-order valence-corrected chi connectivity index (χ1v) is 5.13. The molecule has 2 aromatic heterocycles. The van der Waals surface area contributed by atoms with E-state index < -0.39 is 19.2 Å². The molecule has 2 aromatic rings. The molecule has 2 N–H and O–H groups in total. The van der Waals surface area contributed by atoms with Crippen LogP contribution in [0.5, 0.6) is 6.01 Å². The van der Waals surface area contributed by atoms with E-state index in [9.17, 15) is 13.2 Å². The van der Waals surface area contributed by atoms with Gasteiger partial charge in [-0.3, -0.25) is 4.57 Å². The van der Waals surface area contributed by atoms with Crippen molar-refractivity contribution < 1.29 is 17.9 Å². The minimum atomic E-state index is -4.30. The Labute approximate surface area is 105 Å². The average Bonchev–Trinajstić information content (AvgIpc) is 2.79. The zero-order valence-electron chi connectivity index (χ0n) is 9.50. The van der Waals surface area contributed by atoms with E-state index in [-0.39, 0.29) is 17.9 Å². The highest BCUT2D eigenvalue weighted by molar-refractivity contribution is 5.24. The molecular weight excluding hydrogens is 265 g/mol. The first kappa shape index (κ1) is 13.1. The molecule has 0 fully saturated rings. The van der Waals surface area contributed by atoms with Crippen LogP contribution in [0.15, 0.2) is 18.7 Å². The molecule has 2 heterocycles. The lowest BCUT2D eigenvalue weighted by atomic mass is 10.4. The molecule has 0 radical (unpaired) electrons. The van der Waals surface area contributed by atoms with Gasteiger partial charge >= 0.3 is 12.2 Å². The number of ether oxygens (including phenoxy) is 1. The Balaban J connectivity index is 2.09. The van der Waals surface area contributed by atoms with Gasteiger partial charge in [0.2, 0.25) is 11.9 Å². The number of rotatable bonds is 4. The Kier molecular flexibility index (Phi) is 3.49. The van der Waals surface area contributed by atoms with Crippen LogP contribution < -0.4 is 10.5 Å². The van der Waals surface area contributed by atoms with Crippen LogP contribution in [0.25, 0.3) is 5.95 Å². The predicted molar refractivity (Wildman–Crippen MR) is 57.5 cm³/mol. The van der Waals surface area contributed by atoms with Crippen LogP contribution in [0, 0.1) is 0 Å². The normalized spacial score (nSPS) is 11.5. The maximum Gasteiger partial charge on any atom is 0.392 e. The molecule has 0 aliphatic carbocycles. The molecule has 0 aliphatic heterocycles. The van der Waals surface area contributed by atoms with Crippen LogP contribution in [-0.4, -0.2) is 37.3 Å². The van der Waals surface area contributed by atoms with Gasteiger partial charge in [0, 0.05) is 12.4 Å². The monoisotopic (exact) mass is 274 g/mol. The van der Waals surface area contributed by atoms with Gasteiger partial charge in [0.05, 0.1) is 6.42 Å². The van der Waals surface area contributed by atoms with E-state index in [0.29, 0.717) is 0 Å². The summed E-state index contributed by atoms with van der Waals surface area (Å²) in [6.45, 7) is -0.587. The summed E-state index contributed by atoms with van der Waals surface area (Å²) in [5.74, 6) is -0.0345. The third-order valence-corrected chi connectivity index (χ3v) is 1.97. The van der Waals surface area contributed by atoms with Crippen molar-refractivity contribution in [1.82, 2.24) is 24.5 Å². The summed E-state index contributed by atoms with van der Waals surface area (Å²) in [5.41, 5.74) is 5.42. The molecule has 0 aromatic carbocycles. The number of imidazole rings is 1. The molecule has 0 bridgehead atoms. The summed E-state index contributed by atoms with van der Waals surface area (Å²) < 4.78 is 42.1. The Morgan fingerprint density at radius 2 is 2.05 bits per heavy atom. The molecule has 10 heteroatoms. The Hall–Kier alpha value is -2.39. The zero-order chi connectivity index (χ0) is 13.9. The third kappa shape index (κ3) is 3.79. The van der Waals surface area contributed by atoms with Crippen LogP contribution >= 0.6 is 0 Å². The van der Waals surface area contributed by atoms with Gasteiger partial charge in [-0.2, -0.15) is 28.1 Å². The van der Waals surface area contributed by atoms with Crippen LogP contribution in [0.1, 0.15) is 6.42 Å². The average molecular weight is 274 g/mol. The number of aromatic nitrogens is 5. The Morgan fingerprint density at radius 3 is 2.68 bits per heavy atom. The van der Waals surface area contributed by atoms with Gasteiger partial charge in [0.25, 0.3) is 0 Å². The van der Waals surface area contributed by atoms with E-state index in [1.807, 2.05) is 0 Å². The summed E-state index contributed by atoms with van der Waals surface area (Å²) in [6.07, 6.45) is -0.947. The molecule has 7 nitrogen and oxygen atoms in total. The highest BCUT2D eigenvalue weighted by atomic mass is 19.4. The fourth-order valence-corrected chi connectivity index (χ4v) is 1.18. The smallest absolute Gasteiger partial charge is 0.392 e. The lowest BCUT2D eigenvalue weighted by molar-refractivity contribution is -0.139. The standard InChI is InChI=1S/C9H9F3N6O/c10-9(11,12)1-4-19-8-16-6(13)15-7(17-8)18-3-2-14-5-18/h2-3,5H,1,4H2,(H2,13,15,16,17). The number of hydrogen-bond donors (Lipinski definition) is 1. The highest BCUT2D eigenvalue weighted by Crippen LogP contribution is 2.19. The number of alkyl halides is 3. The van der Waals surface area contributed by atoms with E-state index in [2.05, 4.69) is 19.9 Å². The molecule has 102 valence electrons. The second-order valence-electron chi connectivity index (χ2n) is 3.46. The van der Waals surface area contributed by atoms with Gasteiger partial charge in [-0.15, -0.1) is 0 Å². The highest BCUT2D eigenvalue weighted by Gasteiger charge is 2.27. The first-order chi connectivity index (χ1) is 8.94. The lowest BCUT2D eigenvalue weighted by Gasteiger charge is -2.08. The molecule has 0 amide bonds. The third-order valence-electron chi connectivity index (χ3n) is 1.97. The molecule has 0 atom stereocenters. The van der Waals surface area contributed by atoms with E-state index in [4.69, 9.17) is 10.5 Å². The molecule has 2 rings (SSSR count). The fraction of sp³-hybridized carbons (Fsp3) is 0.333. The van der Waals surface area contributed by atoms with Gasteiger partial charge in [0.15, 0.2) is 0 Å². The minimum Gasteiger partial charge on any atom is -0.463 e. The maximum absolute atomic E-state index is 12.0. The number of hydrogen-bond acceptors (Lipinski definition) is 6. The largest absolute Gasteiger partial charge is 0.463 e. The molecule has 0 unspecified atom stereocenters. The van der Waals surface area contributed by atoms with E-state index in [1.165, 1.54) is 17.1 Å². The van der Waals surface area contributed by atoms with Gasteiger partial charge in [0.1, 0.15) is 12.9 Å². The fourth-order valence-electron chi connectivity index (χ4n) is 1.18. The second kappa shape index (κ2) is 5.08. The van der Waals surface area contributed by atoms with Crippen molar-refractivity contribution >= 4 is 5.95 Å². The Bertz CT molecular complexity index is 541. The van der Waals surface area contributed by atoms with Crippen molar-refractivity contribution in [3.63, 3.8) is 0 Å². The van der Waals surface area contributed by atoms with Crippen LogP contribution in [-0.2, 0) is 0 Å². The summed E-state index contributed by atoms with van der Waals surface area (Å²) in [4.78, 5) is 15.0. The second-order valence-corrected chi connectivity index (χ2v) is 3.46. The zero-order valence-corrected chi connectivity index (χ0v) is 9.50. The summed E-state index contributed by atoms with van der Waals surface area (Å²) in [7, 11) is 0.